The van der Waals surface area contributed by atoms with E-state index in [1.165, 1.54) is 0 Å². The van der Waals surface area contributed by atoms with Crippen LogP contribution in [0.2, 0.25) is 0 Å². The van der Waals surface area contributed by atoms with Crippen LogP contribution in [0.4, 0.5) is 0 Å². The number of halogens is 1. The van der Waals surface area contributed by atoms with Gasteiger partial charge in [-0.1, -0.05) is 30.3 Å². The Labute approximate surface area is 113 Å². The number of benzene rings is 1. The molecule has 3 rings (SSSR count). The molecule has 3 nitrogen and oxygen atoms in total. The summed E-state index contributed by atoms with van der Waals surface area (Å²) < 4.78 is 2.77. The van der Waals surface area contributed by atoms with Crippen LogP contribution in [0.5, 0.6) is 0 Å². The van der Waals surface area contributed by atoms with Crippen molar-refractivity contribution in [3.8, 4) is 0 Å². The third kappa shape index (κ3) is 2.19. The van der Waals surface area contributed by atoms with Gasteiger partial charge in [0.15, 0.2) is 0 Å². The van der Waals surface area contributed by atoms with Gasteiger partial charge in [0.05, 0.1) is 17.2 Å². The van der Waals surface area contributed by atoms with Gasteiger partial charge in [0.25, 0.3) is 0 Å². The Morgan fingerprint density at radius 2 is 2.00 bits per heavy atom. The molecule has 88 valence electrons. The van der Waals surface area contributed by atoms with Crippen molar-refractivity contribution in [1.29, 1.82) is 0 Å². The smallest absolute Gasteiger partial charge is 0.0914 e. The van der Waals surface area contributed by atoms with Gasteiger partial charge in [-0.15, -0.1) is 0 Å². The maximum Gasteiger partial charge on any atom is 0.0914 e. The molecule has 2 aromatic heterocycles. The molecule has 0 radical (unpaired) electrons. The first-order chi connectivity index (χ1) is 8.83. The van der Waals surface area contributed by atoms with Crippen molar-refractivity contribution in [2.24, 2.45) is 5.10 Å². The molecule has 0 saturated heterocycles. The molecule has 0 spiro atoms. The summed E-state index contributed by atoms with van der Waals surface area (Å²) in [5.41, 5.74) is 2.99. The minimum atomic E-state index is 0.934. The molecule has 2 heterocycles. The Balaban J connectivity index is 2.00. The molecule has 18 heavy (non-hydrogen) atoms. The Kier molecular flexibility index (Phi) is 2.94. The van der Waals surface area contributed by atoms with E-state index >= 15 is 0 Å². The predicted octanol–water partition coefficient (Wildman–Crippen LogP) is 3.68. The van der Waals surface area contributed by atoms with Crippen molar-refractivity contribution < 1.29 is 0 Å². The van der Waals surface area contributed by atoms with E-state index in [9.17, 15) is 0 Å². The highest BCUT2D eigenvalue weighted by atomic mass is 79.9. The van der Waals surface area contributed by atoms with E-state index in [1.807, 2.05) is 59.6 Å². The van der Waals surface area contributed by atoms with Gasteiger partial charge >= 0.3 is 0 Å². The van der Waals surface area contributed by atoms with Gasteiger partial charge < -0.3 is 0 Å². The third-order valence-electron chi connectivity index (χ3n) is 2.62. The summed E-state index contributed by atoms with van der Waals surface area (Å²) in [7, 11) is 0. The lowest BCUT2D eigenvalue weighted by Gasteiger charge is -1.97. The highest BCUT2D eigenvalue weighted by Gasteiger charge is 2.01. The fourth-order valence-electron chi connectivity index (χ4n) is 1.74. The minimum absolute atomic E-state index is 0.934. The van der Waals surface area contributed by atoms with E-state index in [0.717, 1.165) is 21.1 Å². The second-order valence-corrected chi connectivity index (χ2v) is 4.79. The highest BCUT2D eigenvalue weighted by Crippen LogP contribution is 2.18. The van der Waals surface area contributed by atoms with Crippen molar-refractivity contribution >= 4 is 33.2 Å². The number of rotatable bonds is 2. The van der Waals surface area contributed by atoms with Crippen molar-refractivity contribution in [3.05, 3.63) is 64.9 Å². The van der Waals surface area contributed by atoms with E-state index in [0.29, 0.717) is 0 Å². The van der Waals surface area contributed by atoms with Crippen LogP contribution >= 0.6 is 15.9 Å². The second-order valence-electron chi connectivity index (χ2n) is 3.87. The summed E-state index contributed by atoms with van der Waals surface area (Å²) >= 11 is 3.42. The summed E-state index contributed by atoms with van der Waals surface area (Å²) in [5.74, 6) is 0. The Bertz CT molecular complexity index is 701. The largest absolute Gasteiger partial charge is 0.253 e. The number of hydrogen-bond donors (Lipinski definition) is 0. The molecule has 0 amide bonds. The summed E-state index contributed by atoms with van der Waals surface area (Å²) in [6.07, 6.45) is 5.53. The van der Waals surface area contributed by atoms with Crippen molar-refractivity contribution in [2.45, 2.75) is 0 Å². The molecule has 0 aliphatic carbocycles. The summed E-state index contributed by atoms with van der Waals surface area (Å²) in [5, 5.41) is 4.44. The summed E-state index contributed by atoms with van der Waals surface area (Å²) in [6.45, 7) is 0. The predicted molar refractivity (Wildman–Crippen MR) is 76.9 cm³/mol. The maximum absolute atomic E-state index is 4.44. The van der Waals surface area contributed by atoms with Gasteiger partial charge in [-0.05, 0) is 33.6 Å². The van der Waals surface area contributed by atoms with Gasteiger partial charge in [0, 0.05) is 16.9 Å². The fourth-order valence-corrected chi connectivity index (χ4v) is 2.06. The number of pyridine rings is 1. The summed E-state index contributed by atoms with van der Waals surface area (Å²) in [6, 6.07) is 14.0. The second kappa shape index (κ2) is 4.74. The third-order valence-corrected chi connectivity index (χ3v) is 3.05. The molecule has 0 atom stereocenters. The van der Waals surface area contributed by atoms with Crippen molar-refractivity contribution in [1.82, 2.24) is 9.66 Å². The first-order valence-corrected chi connectivity index (χ1v) is 6.34. The minimum Gasteiger partial charge on any atom is -0.253 e. The Morgan fingerprint density at radius 3 is 2.83 bits per heavy atom. The average molecular weight is 300 g/mol. The van der Waals surface area contributed by atoms with Gasteiger partial charge in [-0.25, -0.2) is 4.68 Å². The molecule has 0 N–H and O–H groups in total. The van der Waals surface area contributed by atoms with E-state index in [2.05, 4.69) is 26.0 Å². The van der Waals surface area contributed by atoms with Crippen LogP contribution in [0.1, 0.15) is 5.56 Å². The van der Waals surface area contributed by atoms with Crippen LogP contribution in [-0.4, -0.2) is 15.9 Å². The van der Waals surface area contributed by atoms with E-state index < -0.39 is 0 Å². The van der Waals surface area contributed by atoms with Crippen molar-refractivity contribution in [3.63, 3.8) is 0 Å². The zero-order valence-corrected chi connectivity index (χ0v) is 11.1. The molecule has 0 bridgehead atoms. The quantitative estimate of drug-likeness (QED) is 0.664. The molecular weight excluding hydrogens is 290 g/mol. The van der Waals surface area contributed by atoms with Crippen LogP contribution in [0, 0.1) is 0 Å². The van der Waals surface area contributed by atoms with Gasteiger partial charge in [-0.3, -0.25) is 4.98 Å². The van der Waals surface area contributed by atoms with Gasteiger partial charge in [0.1, 0.15) is 0 Å². The average Bonchev–Trinajstić information content (AvgIpc) is 2.80. The number of hydrogen-bond acceptors (Lipinski definition) is 2. The fraction of sp³-hybridized carbons (Fsp3) is 0. The van der Waals surface area contributed by atoms with Crippen LogP contribution < -0.4 is 0 Å². The van der Waals surface area contributed by atoms with E-state index in [1.54, 1.807) is 6.20 Å². The molecule has 0 aliphatic heterocycles. The standard InChI is InChI=1S/C14H10BrN3/c15-12-8-14-13(16-10-12)6-7-18(14)17-9-11-4-2-1-3-5-11/h1-10H/b17-9-. The van der Waals surface area contributed by atoms with E-state index in [4.69, 9.17) is 0 Å². The Hall–Kier alpha value is -1.94. The maximum atomic E-state index is 4.44. The van der Waals surface area contributed by atoms with Crippen LogP contribution in [-0.2, 0) is 0 Å². The molecule has 0 fully saturated rings. The molecule has 0 saturated carbocycles. The SMILES string of the molecule is Brc1cnc2ccn(/N=C\c3ccccc3)c2c1. The molecule has 4 heteroatoms. The number of fused-ring (bicyclic) bond motifs is 1. The number of nitrogens with zero attached hydrogens (tertiary/aromatic N) is 3. The monoisotopic (exact) mass is 299 g/mol. The van der Waals surface area contributed by atoms with E-state index in [-0.39, 0.29) is 0 Å². The topological polar surface area (TPSA) is 30.2 Å². The Morgan fingerprint density at radius 1 is 1.17 bits per heavy atom. The lowest BCUT2D eigenvalue weighted by atomic mass is 10.2. The number of aromatic nitrogens is 2. The summed E-state index contributed by atoms with van der Waals surface area (Å²) in [4.78, 5) is 4.31. The van der Waals surface area contributed by atoms with Gasteiger partial charge in [-0.2, -0.15) is 5.10 Å². The van der Waals surface area contributed by atoms with Crippen LogP contribution in [0.3, 0.4) is 0 Å². The molecule has 0 aliphatic rings. The normalized spacial score (nSPS) is 11.4. The first kappa shape index (κ1) is 11.2. The highest BCUT2D eigenvalue weighted by molar-refractivity contribution is 9.10. The first-order valence-electron chi connectivity index (χ1n) is 5.55. The molecule has 3 aromatic rings. The molecule has 0 unspecified atom stereocenters. The van der Waals surface area contributed by atoms with Crippen LogP contribution in [0.25, 0.3) is 11.0 Å². The van der Waals surface area contributed by atoms with Crippen molar-refractivity contribution in [2.75, 3.05) is 0 Å². The molecule has 1 aromatic carbocycles. The zero-order chi connectivity index (χ0) is 12.4. The lowest BCUT2D eigenvalue weighted by Crippen LogP contribution is -1.89. The zero-order valence-electron chi connectivity index (χ0n) is 9.49. The van der Waals surface area contributed by atoms with Gasteiger partial charge in [0.2, 0.25) is 0 Å². The van der Waals surface area contributed by atoms with Crippen LogP contribution in [0.15, 0.2) is 64.4 Å². The lowest BCUT2D eigenvalue weighted by molar-refractivity contribution is 0.932. The molecular formula is C14H10BrN3.